The Morgan fingerprint density at radius 1 is 1.10 bits per heavy atom. The van der Waals surface area contributed by atoms with Gasteiger partial charge in [-0.15, -0.1) is 0 Å². The van der Waals surface area contributed by atoms with Gasteiger partial charge in [-0.05, 0) is 43.0 Å². The van der Waals surface area contributed by atoms with E-state index in [-0.39, 0.29) is 11.8 Å². The molecule has 0 fully saturated rings. The van der Waals surface area contributed by atoms with Crippen LogP contribution < -0.4 is 5.73 Å². The molecule has 0 saturated carbocycles. The highest BCUT2D eigenvalue weighted by molar-refractivity contribution is 5.56. The van der Waals surface area contributed by atoms with Gasteiger partial charge < -0.3 is 15.4 Å². The van der Waals surface area contributed by atoms with Crippen LogP contribution in [0.5, 0.6) is 0 Å². The number of allylic oxidation sites excluding steroid dienone is 2. The van der Waals surface area contributed by atoms with E-state index in [1.54, 1.807) is 0 Å². The summed E-state index contributed by atoms with van der Waals surface area (Å²) in [6, 6.07) is 19.0. The maximum absolute atomic E-state index is 9.92. The molecule has 4 heteroatoms. The summed E-state index contributed by atoms with van der Waals surface area (Å²) < 4.78 is 6.12. The van der Waals surface area contributed by atoms with Crippen molar-refractivity contribution in [2.24, 2.45) is 5.73 Å². The van der Waals surface area contributed by atoms with Crippen LogP contribution in [0, 0.1) is 25.2 Å². The summed E-state index contributed by atoms with van der Waals surface area (Å²) in [6.45, 7) is 7.97. The number of benzene rings is 2. The minimum Gasteiger partial charge on any atom is -0.440 e. The third kappa shape index (κ3) is 3.48. The van der Waals surface area contributed by atoms with Crippen molar-refractivity contribution in [3.63, 3.8) is 0 Å². The van der Waals surface area contributed by atoms with E-state index in [0.717, 1.165) is 47.5 Å². The second-order valence-electron chi connectivity index (χ2n) is 7.96. The summed E-state index contributed by atoms with van der Waals surface area (Å²) in [5.41, 5.74) is 13.8. The Morgan fingerprint density at radius 2 is 1.80 bits per heavy atom. The Balaban J connectivity index is 1.85. The summed E-state index contributed by atoms with van der Waals surface area (Å²) in [7, 11) is 0. The summed E-state index contributed by atoms with van der Waals surface area (Å²) >= 11 is 0. The molecule has 4 nitrogen and oxygen atoms in total. The van der Waals surface area contributed by atoms with Crippen LogP contribution in [0.4, 0.5) is 0 Å². The minimum absolute atomic E-state index is 0.186. The predicted octanol–water partition coefficient (Wildman–Crippen LogP) is 4.83. The van der Waals surface area contributed by atoms with Gasteiger partial charge >= 0.3 is 0 Å². The first-order valence-corrected chi connectivity index (χ1v) is 10.4. The van der Waals surface area contributed by atoms with Crippen LogP contribution in [0.1, 0.15) is 35.1 Å². The Kier molecular flexibility index (Phi) is 5.37. The number of hydrogen-bond donors (Lipinski definition) is 1. The van der Waals surface area contributed by atoms with Gasteiger partial charge in [-0.25, -0.2) is 0 Å². The molecule has 2 aliphatic rings. The molecule has 0 bridgehead atoms. The molecule has 0 spiro atoms. The van der Waals surface area contributed by atoms with Crippen LogP contribution in [0.3, 0.4) is 0 Å². The maximum atomic E-state index is 9.92. The number of rotatable bonds is 4. The number of nitriles is 1. The van der Waals surface area contributed by atoms with Crippen molar-refractivity contribution in [1.82, 2.24) is 4.90 Å². The molecule has 2 aromatic carbocycles. The summed E-state index contributed by atoms with van der Waals surface area (Å²) in [6.07, 6.45) is 2.95. The zero-order valence-electron chi connectivity index (χ0n) is 17.8. The van der Waals surface area contributed by atoms with Crippen LogP contribution in [-0.2, 0) is 11.2 Å². The van der Waals surface area contributed by atoms with Crippen LogP contribution in [0.2, 0.25) is 0 Å². The van der Waals surface area contributed by atoms with Crippen molar-refractivity contribution < 1.29 is 4.74 Å². The molecule has 0 amide bonds. The van der Waals surface area contributed by atoms with Gasteiger partial charge in [-0.3, -0.25) is 0 Å². The van der Waals surface area contributed by atoms with Crippen molar-refractivity contribution in [3.05, 3.63) is 105 Å². The van der Waals surface area contributed by atoms with E-state index in [2.05, 4.69) is 74.3 Å². The molecule has 2 aromatic rings. The number of aryl methyl sites for hydroxylation is 2. The number of nitrogens with zero attached hydrogens (tertiary/aromatic N) is 2. The van der Waals surface area contributed by atoms with Gasteiger partial charge in [0.25, 0.3) is 0 Å². The van der Waals surface area contributed by atoms with Crippen molar-refractivity contribution in [1.29, 1.82) is 5.26 Å². The van der Waals surface area contributed by atoms with E-state index < -0.39 is 0 Å². The van der Waals surface area contributed by atoms with Crippen molar-refractivity contribution >= 4 is 0 Å². The van der Waals surface area contributed by atoms with Crippen LogP contribution >= 0.6 is 0 Å². The van der Waals surface area contributed by atoms with Gasteiger partial charge in [0.05, 0.1) is 5.92 Å². The van der Waals surface area contributed by atoms with E-state index in [0.29, 0.717) is 5.57 Å². The fourth-order valence-corrected chi connectivity index (χ4v) is 4.37. The average molecular weight is 398 g/mol. The third-order valence-electron chi connectivity index (χ3n) is 6.08. The molecule has 1 unspecified atom stereocenters. The van der Waals surface area contributed by atoms with E-state index in [9.17, 15) is 5.26 Å². The SMILES string of the molecule is CCN1C=C(Cc2ccccc2C)C2=C(C1)C(c1ccccc1C)C(C#N)=C(N)O2. The van der Waals surface area contributed by atoms with E-state index >= 15 is 0 Å². The zero-order chi connectivity index (χ0) is 21.3. The fourth-order valence-electron chi connectivity index (χ4n) is 4.37. The molecule has 2 N–H and O–H groups in total. The quantitative estimate of drug-likeness (QED) is 0.803. The second-order valence-corrected chi connectivity index (χ2v) is 7.96. The topological polar surface area (TPSA) is 62.3 Å². The molecule has 30 heavy (non-hydrogen) atoms. The third-order valence-corrected chi connectivity index (χ3v) is 6.08. The van der Waals surface area contributed by atoms with Crippen molar-refractivity contribution in [2.45, 2.75) is 33.1 Å². The van der Waals surface area contributed by atoms with Gasteiger partial charge in [0.1, 0.15) is 17.4 Å². The van der Waals surface area contributed by atoms with Gasteiger partial charge in [0.2, 0.25) is 5.88 Å². The molecule has 4 rings (SSSR count). The van der Waals surface area contributed by atoms with E-state index in [1.165, 1.54) is 11.1 Å². The lowest BCUT2D eigenvalue weighted by atomic mass is 9.78. The Morgan fingerprint density at radius 3 is 2.47 bits per heavy atom. The smallest absolute Gasteiger partial charge is 0.205 e. The monoisotopic (exact) mass is 397 g/mol. The predicted molar refractivity (Wildman–Crippen MR) is 119 cm³/mol. The largest absolute Gasteiger partial charge is 0.440 e. The maximum Gasteiger partial charge on any atom is 0.205 e. The molecular formula is C26H27N3O. The fraction of sp³-hybridized carbons (Fsp3) is 0.269. The van der Waals surface area contributed by atoms with E-state index in [1.807, 2.05) is 12.1 Å². The molecule has 2 heterocycles. The van der Waals surface area contributed by atoms with E-state index in [4.69, 9.17) is 10.5 Å². The highest BCUT2D eigenvalue weighted by Gasteiger charge is 2.37. The summed E-state index contributed by atoms with van der Waals surface area (Å²) in [5.74, 6) is 0.854. The minimum atomic E-state index is -0.186. The highest BCUT2D eigenvalue weighted by Crippen LogP contribution is 2.44. The average Bonchev–Trinajstić information content (AvgIpc) is 2.75. The number of hydrogen-bond acceptors (Lipinski definition) is 4. The lowest BCUT2D eigenvalue weighted by Gasteiger charge is -2.37. The van der Waals surface area contributed by atoms with Crippen LogP contribution in [-0.4, -0.2) is 18.0 Å². The number of likely N-dealkylation sites (N-methyl/N-ethyl adjacent to an activating group) is 1. The molecular weight excluding hydrogens is 370 g/mol. The van der Waals surface area contributed by atoms with Crippen LogP contribution in [0.15, 0.2) is 83.1 Å². The number of ether oxygens (including phenoxy) is 1. The Labute approximate surface area is 178 Å². The normalized spacial score (nSPS) is 18.5. The Bertz CT molecular complexity index is 1120. The van der Waals surface area contributed by atoms with Crippen molar-refractivity contribution in [2.75, 3.05) is 13.1 Å². The molecule has 0 aliphatic carbocycles. The molecule has 2 aliphatic heterocycles. The van der Waals surface area contributed by atoms with Crippen LogP contribution in [0.25, 0.3) is 0 Å². The molecule has 0 saturated heterocycles. The highest BCUT2D eigenvalue weighted by atomic mass is 16.5. The lowest BCUT2D eigenvalue weighted by molar-refractivity contribution is 0.265. The lowest BCUT2D eigenvalue weighted by Crippen LogP contribution is -2.33. The molecule has 0 radical (unpaired) electrons. The molecule has 152 valence electrons. The summed E-state index contributed by atoms with van der Waals surface area (Å²) in [5, 5.41) is 9.92. The van der Waals surface area contributed by atoms with Gasteiger partial charge in [0, 0.05) is 36.9 Å². The first kappa shape index (κ1) is 19.8. The summed E-state index contributed by atoms with van der Waals surface area (Å²) in [4.78, 5) is 2.29. The second kappa shape index (κ2) is 8.12. The van der Waals surface area contributed by atoms with Gasteiger partial charge in [-0.2, -0.15) is 5.26 Å². The standard InChI is InChI=1S/C26H27N3O/c1-4-29-15-20(13-19-11-7-5-9-17(19)2)25-23(16-29)24(22(14-27)26(28)30-25)21-12-8-6-10-18(21)3/h5-12,15,24H,4,13,16,28H2,1-3H3. The zero-order valence-corrected chi connectivity index (χ0v) is 17.8. The first-order chi connectivity index (χ1) is 14.5. The number of nitrogens with two attached hydrogens (primary N) is 1. The molecule has 1 atom stereocenters. The first-order valence-electron chi connectivity index (χ1n) is 10.4. The molecule has 0 aromatic heterocycles. The van der Waals surface area contributed by atoms with Crippen molar-refractivity contribution in [3.8, 4) is 6.07 Å². The van der Waals surface area contributed by atoms with Gasteiger partial charge in [0.15, 0.2) is 0 Å². The van der Waals surface area contributed by atoms with Gasteiger partial charge in [-0.1, -0.05) is 48.5 Å². The Hall–Kier alpha value is -3.45.